The number of aryl methyl sites for hydroxylation is 1. The summed E-state index contributed by atoms with van der Waals surface area (Å²) in [4.78, 5) is 29.5. The predicted octanol–water partition coefficient (Wildman–Crippen LogP) is 5.80. The van der Waals surface area contributed by atoms with Gasteiger partial charge in [-0.3, -0.25) is 15.1 Å². The molecule has 2 aromatic carbocycles. The average molecular weight is 442 g/mol. The zero-order valence-electron chi connectivity index (χ0n) is 18.0. The van der Waals surface area contributed by atoms with Crippen molar-refractivity contribution < 1.29 is 19.1 Å². The summed E-state index contributed by atoms with van der Waals surface area (Å²) in [6, 6.07) is 12.0. The number of rotatable bonds is 4. The van der Waals surface area contributed by atoms with E-state index in [1.165, 1.54) is 7.11 Å². The minimum Gasteiger partial charge on any atom is -0.495 e. The van der Waals surface area contributed by atoms with Crippen molar-refractivity contribution in [2.45, 2.75) is 33.3 Å². The Labute approximate surface area is 185 Å². The second-order valence-electron chi connectivity index (χ2n) is 7.95. The molecule has 3 rings (SSSR count). The van der Waals surface area contributed by atoms with Crippen LogP contribution in [0.5, 0.6) is 5.75 Å². The summed E-state index contributed by atoms with van der Waals surface area (Å²) in [5.74, 6) is 0.0994. The number of nitrogens with one attached hydrogen (secondary N) is 2. The van der Waals surface area contributed by atoms with E-state index in [0.717, 1.165) is 10.9 Å². The van der Waals surface area contributed by atoms with Crippen LogP contribution in [0.2, 0.25) is 5.02 Å². The van der Waals surface area contributed by atoms with E-state index in [1.54, 1.807) is 64.1 Å². The molecule has 2 N–H and O–H groups in total. The number of benzene rings is 2. The number of hydrogen-bond donors (Lipinski definition) is 2. The molecule has 2 amide bonds. The second kappa shape index (κ2) is 8.81. The van der Waals surface area contributed by atoms with Crippen molar-refractivity contribution in [3.63, 3.8) is 0 Å². The van der Waals surface area contributed by atoms with Crippen LogP contribution in [0.3, 0.4) is 0 Å². The quantitative estimate of drug-likeness (QED) is 0.533. The smallest absolute Gasteiger partial charge is 0.412 e. The number of nitrogens with zero attached hydrogens (tertiary/aromatic N) is 1. The van der Waals surface area contributed by atoms with E-state index in [-0.39, 0.29) is 5.91 Å². The second-order valence-corrected chi connectivity index (χ2v) is 8.39. The van der Waals surface area contributed by atoms with Gasteiger partial charge >= 0.3 is 6.09 Å². The fourth-order valence-electron chi connectivity index (χ4n) is 2.97. The fraction of sp³-hybridized carbons (Fsp3) is 0.261. The first-order chi connectivity index (χ1) is 14.6. The number of hydrogen-bond acceptors (Lipinski definition) is 5. The van der Waals surface area contributed by atoms with Crippen LogP contribution in [0.15, 0.2) is 42.5 Å². The fourth-order valence-corrected chi connectivity index (χ4v) is 3.15. The van der Waals surface area contributed by atoms with Crippen LogP contribution >= 0.6 is 11.6 Å². The number of amides is 2. The van der Waals surface area contributed by atoms with E-state index in [2.05, 4.69) is 15.6 Å². The van der Waals surface area contributed by atoms with Gasteiger partial charge in [0.05, 0.1) is 29.6 Å². The van der Waals surface area contributed by atoms with Crippen molar-refractivity contribution in [2.24, 2.45) is 0 Å². The highest BCUT2D eigenvalue weighted by atomic mass is 35.5. The molecule has 0 unspecified atom stereocenters. The van der Waals surface area contributed by atoms with E-state index in [1.807, 2.05) is 6.07 Å². The molecule has 31 heavy (non-hydrogen) atoms. The molecule has 0 fully saturated rings. The van der Waals surface area contributed by atoms with Crippen LogP contribution in [0, 0.1) is 6.92 Å². The summed E-state index contributed by atoms with van der Waals surface area (Å²) < 4.78 is 10.6. The summed E-state index contributed by atoms with van der Waals surface area (Å²) in [6.45, 7) is 7.08. The van der Waals surface area contributed by atoms with E-state index < -0.39 is 11.7 Å². The molecular formula is C23H24ClN3O4. The Bertz CT molecular complexity index is 1160. The van der Waals surface area contributed by atoms with E-state index >= 15 is 0 Å². The van der Waals surface area contributed by atoms with Crippen molar-refractivity contribution in [1.29, 1.82) is 0 Å². The average Bonchev–Trinajstić information content (AvgIpc) is 2.66. The largest absolute Gasteiger partial charge is 0.495 e. The van der Waals surface area contributed by atoms with Gasteiger partial charge in [-0.05, 0) is 70.2 Å². The first kappa shape index (κ1) is 22.4. The zero-order chi connectivity index (χ0) is 22.8. The van der Waals surface area contributed by atoms with E-state index in [4.69, 9.17) is 21.1 Å². The summed E-state index contributed by atoms with van der Waals surface area (Å²) in [5.41, 5.74) is 1.97. The maximum absolute atomic E-state index is 12.9. The molecule has 0 aliphatic heterocycles. The zero-order valence-corrected chi connectivity index (χ0v) is 18.8. The standard InChI is InChI=1S/C23H24ClN3O4/c1-13-17(11-14-10-15(24)6-8-18(14)25-13)21(28)26-16-7-9-20(30-5)19(12-16)27-22(29)31-23(2,3)4/h6-12H,1-5H3,(H,26,28)(H,27,29). The van der Waals surface area contributed by atoms with E-state index in [0.29, 0.717) is 33.4 Å². The minimum absolute atomic E-state index is 0.333. The van der Waals surface area contributed by atoms with Gasteiger partial charge in [-0.15, -0.1) is 0 Å². The Morgan fingerprint density at radius 2 is 1.77 bits per heavy atom. The van der Waals surface area contributed by atoms with Gasteiger partial charge < -0.3 is 14.8 Å². The number of halogens is 1. The number of ether oxygens (including phenoxy) is 2. The molecule has 7 nitrogen and oxygen atoms in total. The molecule has 1 heterocycles. The van der Waals surface area contributed by atoms with Crippen molar-refractivity contribution in [3.8, 4) is 5.75 Å². The van der Waals surface area contributed by atoms with Crippen molar-refractivity contribution >= 4 is 45.9 Å². The number of carbonyl (C=O) groups excluding carboxylic acids is 2. The molecule has 0 bridgehead atoms. The summed E-state index contributed by atoms with van der Waals surface area (Å²) in [7, 11) is 1.49. The maximum Gasteiger partial charge on any atom is 0.412 e. The topological polar surface area (TPSA) is 89.5 Å². The lowest BCUT2D eigenvalue weighted by Gasteiger charge is -2.20. The van der Waals surface area contributed by atoms with Gasteiger partial charge in [0, 0.05) is 16.1 Å². The predicted molar refractivity (Wildman–Crippen MR) is 122 cm³/mol. The van der Waals surface area contributed by atoms with Crippen LogP contribution < -0.4 is 15.4 Å². The highest BCUT2D eigenvalue weighted by molar-refractivity contribution is 6.31. The van der Waals surface area contributed by atoms with Crippen molar-refractivity contribution in [2.75, 3.05) is 17.7 Å². The van der Waals surface area contributed by atoms with Crippen LogP contribution in [-0.4, -0.2) is 29.7 Å². The van der Waals surface area contributed by atoms with Crippen LogP contribution in [-0.2, 0) is 4.74 Å². The highest BCUT2D eigenvalue weighted by Gasteiger charge is 2.18. The molecule has 0 atom stereocenters. The van der Waals surface area contributed by atoms with Crippen LogP contribution in [0.25, 0.3) is 10.9 Å². The maximum atomic E-state index is 12.9. The molecule has 0 radical (unpaired) electrons. The number of carbonyl (C=O) groups is 2. The number of fused-ring (bicyclic) bond motifs is 1. The van der Waals surface area contributed by atoms with Gasteiger partial charge in [0.15, 0.2) is 0 Å². The molecule has 0 aliphatic rings. The first-order valence-corrected chi connectivity index (χ1v) is 10.00. The lowest BCUT2D eigenvalue weighted by Crippen LogP contribution is -2.27. The highest BCUT2D eigenvalue weighted by Crippen LogP contribution is 2.29. The Balaban J connectivity index is 1.85. The van der Waals surface area contributed by atoms with Crippen molar-refractivity contribution in [1.82, 2.24) is 4.98 Å². The molecular weight excluding hydrogens is 418 g/mol. The van der Waals surface area contributed by atoms with Crippen LogP contribution in [0.1, 0.15) is 36.8 Å². The third kappa shape index (κ3) is 5.64. The van der Waals surface area contributed by atoms with Gasteiger partial charge in [-0.2, -0.15) is 0 Å². The first-order valence-electron chi connectivity index (χ1n) is 9.62. The van der Waals surface area contributed by atoms with Crippen LogP contribution in [0.4, 0.5) is 16.2 Å². The number of methoxy groups -OCH3 is 1. The third-order valence-electron chi connectivity index (χ3n) is 4.30. The molecule has 0 saturated heterocycles. The summed E-state index contributed by atoms with van der Waals surface area (Å²) >= 11 is 6.06. The Kier molecular flexibility index (Phi) is 6.36. The normalized spacial score (nSPS) is 11.2. The Morgan fingerprint density at radius 1 is 1.03 bits per heavy atom. The summed E-state index contributed by atoms with van der Waals surface area (Å²) in [5, 5.41) is 6.82. The number of aromatic nitrogens is 1. The Hall–Kier alpha value is -3.32. The molecule has 3 aromatic rings. The molecule has 8 heteroatoms. The monoisotopic (exact) mass is 441 g/mol. The number of anilines is 2. The third-order valence-corrected chi connectivity index (χ3v) is 4.54. The van der Waals surface area contributed by atoms with Gasteiger partial charge in [0.1, 0.15) is 11.4 Å². The number of pyridine rings is 1. The van der Waals surface area contributed by atoms with E-state index in [9.17, 15) is 9.59 Å². The van der Waals surface area contributed by atoms with Crippen molar-refractivity contribution in [3.05, 3.63) is 58.7 Å². The molecule has 0 spiro atoms. The lowest BCUT2D eigenvalue weighted by atomic mass is 10.1. The minimum atomic E-state index is -0.646. The SMILES string of the molecule is COc1ccc(NC(=O)c2cc3cc(Cl)ccc3nc2C)cc1NC(=O)OC(C)(C)C. The van der Waals surface area contributed by atoms with Gasteiger partial charge in [0.25, 0.3) is 5.91 Å². The molecule has 0 saturated carbocycles. The molecule has 1 aromatic heterocycles. The lowest BCUT2D eigenvalue weighted by molar-refractivity contribution is 0.0635. The molecule has 0 aliphatic carbocycles. The summed E-state index contributed by atoms with van der Waals surface area (Å²) in [6.07, 6.45) is -0.624. The molecule has 162 valence electrons. The van der Waals surface area contributed by atoms with Gasteiger partial charge in [-0.25, -0.2) is 4.79 Å². The Morgan fingerprint density at radius 3 is 2.45 bits per heavy atom. The van der Waals surface area contributed by atoms with Gasteiger partial charge in [0.2, 0.25) is 0 Å². The van der Waals surface area contributed by atoms with Gasteiger partial charge in [-0.1, -0.05) is 11.6 Å².